The number of benzene rings is 2. The van der Waals surface area contributed by atoms with Gasteiger partial charge >= 0.3 is 5.97 Å². The Morgan fingerprint density at radius 3 is 2.50 bits per heavy atom. The average molecular weight is 374 g/mol. The molecule has 3 aromatic rings. The van der Waals surface area contributed by atoms with E-state index in [1.54, 1.807) is 22.9 Å². The molecule has 0 saturated carbocycles. The number of hydrogen-bond acceptors (Lipinski definition) is 4. The van der Waals surface area contributed by atoms with E-state index >= 15 is 0 Å². The van der Waals surface area contributed by atoms with Crippen LogP contribution in [-0.4, -0.2) is 26.8 Å². The number of carbonyl (C=O) groups excluding carboxylic acids is 1. The van der Waals surface area contributed by atoms with Crippen molar-refractivity contribution >= 4 is 23.4 Å². The van der Waals surface area contributed by atoms with Crippen LogP contribution in [0.5, 0.6) is 0 Å². The number of rotatable bonds is 4. The molecule has 0 aliphatic carbocycles. The molecular formula is C21H18N4O3. The third kappa shape index (κ3) is 3.25. The van der Waals surface area contributed by atoms with Crippen LogP contribution in [-0.2, 0) is 4.79 Å². The van der Waals surface area contributed by atoms with Crippen LogP contribution in [0.1, 0.15) is 27.5 Å². The first-order valence-corrected chi connectivity index (χ1v) is 8.75. The number of aryl methyl sites for hydroxylation is 1. The Morgan fingerprint density at radius 1 is 1.11 bits per heavy atom. The zero-order valence-electron chi connectivity index (χ0n) is 15.1. The van der Waals surface area contributed by atoms with Crippen LogP contribution in [0.3, 0.4) is 0 Å². The maximum Gasteiger partial charge on any atom is 0.352 e. The molecule has 1 unspecified atom stereocenters. The molecule has 1 amide bonds. The largest absolute Gasteiger partial charge is 0.477 e. The molecule has 7 nitrogen and oxygen atoms in total. The number of nitrogens with one attached hydrogen (secondary N) is 2. The SMILES string of the molecule is Cc1ccc(C2C=C(C(=O)O)Nc3c(C(=O)Nc4ccccc4)cnn32)cc1. The lowest BCUT2D eigenvalue weighted by atomic mass is 10.0. The number of carbonyl (C=O) groups is 2. The summed E-state index contributed by atoms with van der Waals surface area (Å²) in [6.07, 6.45) is 3.03. The third-order valence-corrected chi connectivity index (χ3v) is 4.56. The average Bonchev–Trinajstić information content (AvgIpc) is 3.13. The van der Waals surface area contributed by atoms with Gasteiger partial charge in [-0.1, -0.05) is 48.0 Å². The Bertz CT molecular complexity index is 1070. The van der Waals surface area contributed by atoms with Crippen LogP contribution in [0.15, 0.2) is 72.6 Å². The Hall–Kier alpha value is -3.87. The van der Waals surface area contributed by atoms with Gasteiger partial charge in [0.1, 0.15) is 17.1 Å². The number of hydrogen-bond donors (Lipinski definition) is 3. The van der Waals surface area contributed by atoms with Gasteiger partial charge in [0.15, 0.2) is 0 Å². The summed E-state index contributed by atoms with van der Waals surface area (Å²) in [5, 5.41) is 19.5. The Morgan fingerprint density at radius 2 is 1.82 bits per heavy atom. The Labute approximate surface area is 161 Å². The first-order valence-electron chi connectivity index (χ1n) is 8.75. The van der Waals surface area contributed by atoms with Crippen molar-refractivity contribution in [2.75, 3.05) is 10.6 Å². The highest BCUT2D eigenvalue weighted by Gasteiger charge is 2.29. The zero-order valence-corrected chi connectivity index (χ0v) is 15.1. The highest BCUT2D eigenvalue weighted by molar-refractivity contribution is 6.08. The van der Waals surface area contributed by atoms with Crippen LogP contribution < -0.4 is 10.6 Å². The van der Waals surface area contributed by atoms with Crippen molar-refractivity contribution in [2.24, 2.45) is 0 Å². The molecule has 1 aliphatic heterocycles. The van der Waals surface area contributed by atoms with E-state index in [-0.39, 0.29) is 17.2 Å². The van der Waals surface area contributed by atoms with E-state index in [0.29, 0.717) is 11.5 Å². The number of nitrogens with zero attached hydrogens (tertiary/aromatic N) is 2. The van der Waals surface area contributed by atoms with Crippen molar-refractivity contribution in [3.8, 4) is 0 Å². The van der Waals surface area contributed by atoms with Gasteiger partial charge in [0.25, 0.3) is 5.91 Å². The molecule has 140 valence electrons. The fourth-order valence-corrected chi connectivity index (χ4v) is 3.11. The molecular weight excluding hydrogens is 356 g/mol. The summed E-state index contributed by atoms with van der Waals surface area (Å²) in [7, 11) is 0. The van der Waals surface area contributed by atoms with Gasteiger partial charge in [0, 0.05) is 5.69 Å². The molecule has 0 radical (unpaired) electrons. The van der Waals surface area contributed by atoms with Crippen molar-refractivity contribution in [1.82, 2.24) is 9.78 Å². The standard InChI is InChI=1S/C21H18N4O3/c1-13-7-9-14(10-8-13)18-11-17(21(27)28)24-19-16(12-22-25(18)19)20(26)23-15-5-3-2-4-6-15/h2-12,18,24H,1H3,(H,23,26)(H,27,28). The van der Waals surface area contributed by atoms with Crippen molar-refractivity contribution in [2.45, 2.75) is 13.0 Å². The van der Waals surface area contributed by atoms with Crippen molar-refractivity contribution in [3.05, 3.63) is 89.3 Å². The van der Waals surface area contributed by atoms with Gasteiger partial charge in [-0.2, -0.15) is 5.10 Å². The number of allylic oxidation sites excluding steroid dienone is 1. The van der Waals surface area contributed by atoms with Crippen molar-refractivity contribution in [1.29, 1.82) is 0 Å². The number of carboxylic acid groups (broad SMARTS) is 1. The molecule has 28 heavy (non-hydrogen) atoms. The van der Waals surface area contributed by atoms with Crippen LogP contribution in [0.25, 0.3) is 0 Å². The molecule has 2 heterocycles. The first-order chi connectivity index (χ1) is 13.5. The van der Waals surface area contributed by atoms with Crippen molar-refractivity contribution < 1.29 is 14.7 Å². The second kappa shape index (κ2) is 7.03. The fourth-order valence-electron chi connectivity index (χ4n) is 3.11. The third-order valence-electron chi connectivity index (χ3n) is 4.56. The van der Waals surface area contributed by atoms with E-state index in [2.05, 4.69) is 15.7 Å². The molecule has 7 heteroatoms. The lowest BCUT2D eigenvalue weighted by Gasteiger charge is -2.24. The smallest absolute Gasteiger partial charge is 0.352 e. The van der Waals surface area contributed by atoms with E-state index in [4.69, 9.17) is 0 Å². The molecule has 0 saturated heterocycles. The topological polar surface area (TPSA) is 96.2 Å². The predicted molar refractivity (Wildman–Crippen MR) is 105 cm³/mol. The van der Waals surface area contributed by atoms with E-state index in [1.807, 2.05) is 49.4 Å². The van der Waals surface area contributed by atoms with Gasteiger partial charge in [-0.3, -0.25) is 4.79 Å². The van der Waals surface area contributed by atoms with Gasteiger partial charge in [0.2, 0.25) is 0 Å². The Balaban J connectivity index is 1.73. The molecule has 3 N–H and O–H groups in total. The second-order valence-electron chi connectivity index (χ2n) is 6.54. The summed E-state index contributed by atoms with van der Waals surface area (Å²) in [4.78, 5) is 24.4. The van der Waals surface area contributed by atoms with Crippen LogP contribution in [0.2, 0.25) is 0 Å². The van der Waals surface area contributed by atoms with Gasteiger partial charge in [-0.25, -0.2) is 9.48 Å². The summed E-state index contributed by atoms with van der Waals surface area (Å²) >= 11 is 0. The number of para-hydroxylation sites is 1. The number of fused-ring (bicyclic) bond motifs is 1. The summed E-state index contributed by atoms with van der Waals surface area (Å²) in [5.41, 5.74) is 2.90. The van der Waals surface area contributed by atoms with Gasteiger partial charge in [-0.15, -0.1) is 0 Å². The molecule has 0 fully saturated rings. The van der Waals surface area contributed by atoms with E-state index in [0.717, 1.165) is 11.1 Å². The summed E-state index contributed by atoms with van der Waals surface area (Å²) in [5.74, 6) is -1.12. The normalized spacial score (nSPS) is 15.2. The van der Waals surface area contributed by atoms with E-state index in [1.165, 1.54) is 6.20 Å². The number of anilines is 2. The van der Waals surface area contributed by atoms with E-state index in [9.17, 15) is 14.7 Å². The minimum atomic E-state index is -1.10. The maximum atomic E-state index is 12.7. The number of aliphatic carboxylic acids is 1. The van der Waals surface area contributed by atoms with E-state index < -0.39 is 12.0 Å². The maximum absolute atomic E-state index is 12.7. The van der Waals surface area contributed by atoms with Crippen LogP contribution in [0.4, 0.5) is 11.5 Å². The zero-order chi connectivity index (χ0) is 19.7. The molecule has 1 aromatic heterocycles. The van der Waals surface area contributed by atoms with Crippen LogP contribution >= 0.6 is 0 Å². The van der Waals surface area contributed by atoms with Gasteiger partial charge in [-0.05, 0) is 30.7 Å². The molecule has 1 atom stereocenters. The minimum Gasteiger partial charge on any atom is -0.477 e. The quantitative estimate of drug-likeness (QED) is 0.650. The molecule has 2 aromatic carbocycles. The summed E-state index contributed by atoms with van der Waals surface area (Å²) < 4.78 is 1.62. The number of aromatic nitrogens is 2. The highest BCUT2D eigenvalue weighted by atomic mass is 16.4. The highest BCUT2D eigenvalue weighted by Crippen LogP contribution is 2.32. The number of carboxylic acids is 1. The minimum absolute atomic E-state index is 0.00679. The van der Waals surface area contributed by atoms with Crippen LogP contribution in [0, 0.1) is 6.92 Å². The number of amides is 1. The molecule has 1 aliphatic rings. The molecule has 4 rings (SSSR count). The lowest BCUT2D eigenvalue weighted by Crippen LogP contribution is -2.25. The Kier molecular flexibility index (Phi) is 4.41. The predicted octanol–water partition coefficient (Wildman–Crippen LogP) is 3.43. The first kappa shape index (κ1) is 17.5. The van der Waals surface area contributed by atoms with Gasteiger partial charge < -0.3 is 15.7 Å². The van der Waals surface area contributed by atoms with Crippen molar-refractivity contribution in [3.63, 3.8) is 0 Å². The second-order valence-corrected chi connectivity index (χ2v) is 6.54. The summed E-state index contributed by atoms with van der Waals surface area (Å²) in [6, 6.07) is 16.4. The summed E-state index contributed by atoms with van der Waals surface area (Å²) in [6.45, 7) is 1.98. The lowest BCUT2D eigenvalue weighted by molar-refractivity contribution is -0.132. The fraction of sp³-hybridized carbons (Fsp3) is 0.0952. The van der Waals surface area contributed by atoms with Gasteiger partial charge in [0.05, 0.1) is 12.2 Å². The molecule has 0 spiro atoms. The monoisotopic (exact) mass is 374 g/mol. The molecule has 0 bridgehead atoms.